The molecular weight excluding hydrogens is 234 g/mol. The quantitative estimate of drug-likeness (QED) is 0.825. The maximum absolute atomic E-state index is 11.5. The lowest BCUT2D eigenvalue weighted by molar-refractivity contribution is -0.116. The molecular formula is C17H25NO. The number of aryl methyl sites for hydroxylation is 2. The van der Waals surface area contributed by atoms with Crippen LogP contribution in [-0.2, 0) is 11.2 Å². The van der Waals surface area contributed by atoms with Crippen molar-refractivity contribution < 1.29 is 4.79 Å². The Bertz CT molecular complexity index is 470. The molecule has 0 aliphatic carbocycles. The summed E-state index contributed by atoms with van der Waals surface area (Å²) in [5.74, 6) is 1.08. The van der Waals surface area contributed by atoms with Crippen LogP contribution < -0.4 is 4.90 Å². The van der Waals surface area contributed by atoms with Crippen molar-refractivity contribution in [3.05, 3.63) is 28.8 Å². The summed E-state index contributed by atoms with van der Waals surface area (Å²) in [5, 5.41) is 0. The predicted molar refractivity (Wildman–Crippen MR) is 80.9 cm³/mol. The molecule has 1 aliphatic rings. The van der Waals surface area contributed by atoms with E-state index in [1.54, 1.807) is 6.92 Å². The monoisotopic (exact) mass is 259 g/mol. The highest BCUT2D eigenvalue weighted by molar-refractivity contribution is 5.81. The molecule has 1 heterocycles. The van der Waals surface area contributed by atoms with Gasteiger partial charge in [0.25, 0.3) is 0 Å². The van der Waals surface area contributed by atoms with Crippen molar-refractivity contribution in [1.82, 2.24) is 0 Å². The van der Waals surface area contributed by atoms with Crippen LogP contribution in [0.1, 0.15) is 43.4 Å². The van der Waals surface area contributed by atoms with Crippen LogP contribution in [0.4, 0.5) is 5.69 Å². The van der Waals surface area contributed by atoms with Crippen molar-refractivity contribution in [3.63, 3.8) is 0 Å². The Morgan fingerprint density at radius 3 is 2.47 bits per heavy atom. The van der Waals surface area contributed by atoms with Crippen LogP contribution >= 0.6 is 0 Å². The Morgan fingerprint density at radius 2 is 1.89 bits per heavy atom. The number of nitrogens with zero attached hydrogens (tertiary/aromatic N) is 1. The molecule has 2 heteroatoms. The van der Waals surface area contributed by atoms with Gasteiger partial charge in [-0.25, -0.2) is 0 Å². The molecule has 0 atom stereocenters. The second-order valence-corrected chi connectivity index (χ2v) is 6.13. The van der Waals surface area contributed by atoms with Gasteiger partial charge in [-0.05, 0) is 62.3 Å². The number of rotatable bonds is 3. The van der Waals surface area contributed by atoms with Gasteiger partial charge in [0.2, 0.25) is 0 Å². The molecule has 0 saturated carbocycles. The summed E-state index contributed by atoms with van der Waals surface area (Å²) in [7, 11) is 0. The molecule has 0 amide bonds. The van der Waals surface area contributed by atoms with Crippen molar-refractivity contribution in [2.75, 3.05) is 18.0 Å². The van der Waals surface area contributed by atoms with Gasteiger partial charge in [-0.1, -0.05) is 13.0 Å². The summed E-state index contributed by atoms with van der Waals surface area (Å²) in [4.78, 5) is 14.0. The topological polar surface area (TPSA) is 20.3 Å². The van der Waals surface area contributed by atoms with E-state index < -0.39 is 0 Å². The van der Waals surface area contributed by atoms with E-state index in [4.69, 9.17) is 0 Å². The maximum Gasteiger partial charge on any atom is 0.134 e. The smallest absolute Gasteiger partial charge is 0.134 e. The van der Waals surface area contributed by atoms with Crippen molar-refractivity contribution in [3.8, 4) is 0 Å². The van der Waals surface area contributed by atoms with Gasteiger partial charge in [0.05, 0.1) is 0 Å². The van der Waals surface area contributed by atoms with Crippen LogP contribution in [-0.4, -0.2) is 18.9 Å². The van der Waals surface area contributed by atoms with Gasteiger partial charge in [0.1, 0.15) is 5.78 Å². The Kier molecular flexibility index (Phi) is 4.28. The Labute approximate surface area is 116 Å². The molecule has 1 saturated heterocycles. The third-order valence-corrected chi connectivity index (χ3v) is 4.14. The Morgan fingerprint density at radius 1 is 1.26 bits per heavy atom. The second-order valence-electron chi connectivity index (χ2n) is 6.13. The number of hydrogen-bond acceptors (Lipinski definition) is 2. The fourth-order valence-electron chi connectivity index (χ4n) is 2.99. The summed E-state index contributed by atoms with van der Waals surface area (Å²) < 4.78 is 0. The maximum atomic E-state index is 11.5. The first-order valence-corrected chi connectivity index (χ1v) is 7.32. The zero-order chi connectivity index (χ0) is 14.0. The minimum Gasteiger partial charge on any atom is -0.371 e. The van der Waals surface area contributed by atoms with Crippen LogP contribution in [0.15, 0.2) is 12.1 Å². The van der Waals surface area contributed by atoms with Crippen LogP contribution in [0, 0.1) is 19.8 Å². The number of hydrogen-bond donors (Lipinski definition) is 0. The molecule has 0 bridgehead atoms. The molecule has 19 heavy (non-hydrogen) atoms. The van der Waals surface area contributed by atoms with Gasteiger partial charge in [0, 0.05) is 25.2 Å². The zero-order valence-electron chi connectivity index (χ0n) is 12.6. The summed E-state index contributed by atoms with van der Waals surface area (Å²) in [6.07, 6.45) is 3.08. The molecule has 1 aliphatic heterocycles. The summed E-state index contributed by atoms with van der Waals surface area (Å²) in [6.45, 7) is 10.5. The molecule has 0 radical (unpaired) electrons. The molecule has 0 unspecified atom stereocenters. The number of anilines is 1. The van der Waals surface area contributed by atoms with Crippen LogP contribution in [0.25, 0.3) is 0 Å². The van der Waals surface area contributed by atoms with Gasteiger partial charge in [-0.15, -0.1) is 0 Å². The molecule has 104 valence electrons. The van der Waals surface area contributed by atoms with Crippen molar-refractivity contribution in [2.24, 2.45) is 5.92 Å². The summed E-state index contributed by atoms with van der Waals surface area (Å²) in [6, 6.07) is 4.44. The Balaban J connectivity index is 2.34. The highest BCUT2D eigenvalue weighted by atomic mass is 16.1. The lowest BCUT2D eigenvalue weighted by atomic mass is 9.94. The lowest BCUT2D eigenvalue weighted by Gasteiger charge is -2.34. The van der Waals surface area contributed by atoms with Crippen molar-refractivity contribution >= 4 is 11.5 Å². The summed E-state index contributed by atoms with van der Waals surface area (Å²) >= 11 is 0. The molecule has 1 fully saturated rings. The largest absolute Gasteiger partial charge is 0.371 e. The molecule has 2 rings (SSSR count). The highest BCUT2D eigenvalue weighted by Crippen LogP contribution is 2.30. The molecule has 0 spiro atoms. The van der Waals surface area contributed by atoms with Crippen molar-refractivity contribution in [2.45, 2.75) is 47.0 Å². The van der Waals surface area contributed by atoms with E-state index in [0.717, 1.165) is 19.0 Å². The number of Topliss-reactive ketones (excluding diaryl/α,β-unsaturated/α-hetero) is 1. The standard InChI is InChI=1S/C17H25NO/c1-12-5-7-18(8-6-12)17-10-13(2)9-14(3)16(17)11-15(4)19/h9-10,12H,5-8,11H2,1-4H3. The van der Waals surface area contributed by atoms with Gasteiger partial charge in [-0.2, -0.15) is 0 Å². The van der Waals surface area contributed by atoms with E-state index in [1.807, 2.05) is 0 Å². The SMILES string of the molecule is CC(=O)Cc1c(C)cc(C)cc1N1CCC(C)CC1. The van der Waals surface area contributed by atoms with Crippen LogP contribution in [0.2, 0.25) is 0 Å². The number of carbonyl (C=O) groups is 1. The molecule has 2 nitrogen and oxygen atoms in total. The molecule has 0 aromatic heterocycles. The third kappa shape index (κ3) is 3.37. The number of benzene rings is 1. The normalized spacial score (nSPS) is 16.7. The lowest BCUT2D eigenvalue weighted by Crippen LogP contribution is -2.33. The minimum absolute atomic E-state index is 0.249. The first-order chi connectivity index (χ1) is 8.97. The molecule has 1 aromatic carbocycles. The van der Waals surface area contributed by atoms with E-state index >= 15 is 0 Å². The molecule has 0 N–H and O–H groups in total. The van der Waals surface area contributed by atoms with Gasteiger partial charge in [0.15, 0.2) is 0 Å². The third-order valence-electron chi connectivity index (χ3n) is 4.14. The number of carbonyl (C=O) groups excluding carboxylic acids is 1. The first kappa shape index (κ1) is 14.1. The zero-order valence-corrected chi connectivity index (χ0v) is 12.6. The van der Waals surface area contributed by atoms with Crippen molar-refractivity contribution in [1.29, 1.82) is 0 Å². The first-order valence-electron chi connectivity index (χ1n) is 7.32. The van der Waals surface area contributed by atoms with Crippen LogP contribution in [0.3, 0.4) is 0 Å². The van der Waals surface area contributed by atoms with E-state index in [2.05, 4.69) is 37.8 Å². The number of ketones is 1. The fourth-order valence-corrected chi connectivity index (χ4v) is 2.99. The van der Waals surface area contributed by atoms with Crippen LogP contribution in [0.5, 0.6) is 0 Å². The predicted octanol–water partition coefficient (Wildman–Crippen LogP) is 3.67. The van der Waals surface area contributed by atoms with Gasteiger partial charge in [-0.3, -0.25) is 4.79 Å². The second kappa shape index (κ2) is 5.77. The van der Waals surface area contributed by atoms with Gasteiger partial charge < -0.3 is 4.90 Å². The summed E-state index contributed by atoms with van der Waals surface area (Å²) in [5.41, 5.74) is 5.06. The molecule has 1 aromatic rings. The highest BCUT2D eigenvalue weighted by Gasteiger charge is 2.20. The Hall–Kier alpha value is -1.31. The van der Waals surface area contributed by atoms with Gasteiger partial charge >= 0.3 is 0 Å². The number of piperidine rings is 1. The average molecular weight is 259 g/mol. The van der Waals surface area contributed by atoms with E-state index in [-0.39, 0.29) is 5.78 Å². The fraction of sp³-hybridized carbons (Fsp3) is 0.588. The average Bonchev–Trinajstić information content (AvgIpc) is 2.33. The van der Waals surface area contributed by atoms with E-state index in [9.17, 15) is 4.79 Å². The van der Waals surface area contributed by atoms with E-state index in [1.165, 1.54) is 35.2 Å². The minimum atomic E-state index is 0.249. The van der Waals surface area contributed by atoms with E-state index in [0.29, 0.717) is 6.42 Å².